The fourth-order valence-corrected chi connectivity index (χ4v) is 5.53. The molecule has 0 heterocycles. The lowest BCUT2D eigenvalue weighted by Gasteiger charge is -2.13. The number of carboxylic acid groups (broad SMARTS) is 1. The molecule has 0 rings (SSSR count). The van der Waals surface area contributed by atoms with Crippen LogP contribution in [-0.2, 0) is 14.3 Å². The van der Waals surface area contributed by atoms with Gasteiger partial charge < -0.3 is 9.84 Å². The Kier molecular flexibility index (Phi) is 31.7. The van der Waals surface area contributed by atoms with E-state index in [0.717, 1.165) is 19.3 Å². The first-order valence-electron chi connectivity index (χ1n) is 17.8. The lowest BCUT2D eigenvalue weighted by molar-refractivity contribution is -0.152. The highest BCUT2D eigenvalue weighted by Gasteiger charge is 2.22. The van der Waals surface area contributed by atoms with Crippen LogP contribution in [0.1, 0.15) is 187 Å². The fraction of sp³-hybridized carbons (Fsp3) is 0.838. The molecule has 0 aliphatic rings. The standard InChI is InChI=1S/C37H68O4/c1-3-5-6-7-8-9-10-11-12-13-14-15-16-17-18-19-20-21-22-23-24-25-26-27-28-29-30-31-32-35(34-36(38)39)37(40)41-33-4-2/h4,16-17,35H,2-3,5-15,18-34H2,1H3,(H,38,39)/b17-16+. The number of rotatable bonds is 33. The van der Waals surface area contributed by atoms with Gasteiger partial charge in [0.05, 0.1) is 12.3 Å². The van der Waals surface area contributed by atoms with Crippen molar-refractivity contribution in [3.05, 3.63) is 24.8 Å². The van der Waals surface area contributed by atoms with Gasteiger partial charge in [-0.1, -0.05) is 173 Å². The molecule has 0 radical (unpaired) electrons. The van der Waals surface area contributed by atoms with Gasteiger partial charge in [0.2, 0.25) is 0 Å². The largest absolute Gasteiger partial charge is 0.481 e. The van der Waals surface area contributed by atoms with Gasteiger partial charge in [0.15, 0.2) is 0 Å². The van der Waals surface area contributed by atoms with E-state index in [2.05, 4.69) is 25.7 Å². The maximum absolute atomic E-state index is 12.0. The van der Waals surface area contributed by atoms with Crippen LogP contribution >= 0.6 is 0 Å². The number of hydrogen-bond acceptors (Lipinski definition) is 3. The van der Waals surface area contributed by atoms with Crippen LogP contribution < -0.4 is 0 Å². The Hall–Kier alpha value is -1.58. The highest BCUT2D eigenvalue weighted by molar-refractivity contribution is 5.79. The monoisotopic (exact) mass is 577 g/mol. The van der Waals surface area contributed by atoms with E-state index in [-0.39, 0.29) is 13.0 Å². The van der Waals surface area contributed by atoms with E-state index in [1.165, 1.54) is 154 Å². The van der Waals surface area contributed by atoms with Gasteiger partial charge in [0, 0.05) is 0 Å². The van der Waals surface area contributed by atoms with Crippen molar-refractivity contribution in [3.63, 3.8) is 0 Å². The highest BCUT2D eigenvalue weighted by atomic mass is 16.5. The van der Waals surface area contributed by atoms with Crippen molar-refractivity contribution < 1.29 is 19.4 Å². The summed E-state index contributed by atoms with van der Waals surface area (Å²) in [7, 11) is 0. The number of hydrogen-bond donors (Lipinski definition) is 1. The molecule has 0 aromatic rings. The third-order valence-electron chi connectivity index (χ3n) is 8.16. The van der Waals surface area contributed by atoms with Crippen molar-refractivity contribution in [3.8, 4) is 0 Å². The van der Waals surface area contributed by atoms with Crippen LogP contribution in [0.5, 0.6) is 0 Å². The van der Waals surface area contributed by atoms with Crippen LogP contribution in [0.3, 0.4) is 0 Å². The normalized spacial score (nSPS) is 12.1. The summed E-state index contributed by atoms with van der Waals surface area (Å²) >= 11 is 0. The summed E-state index contributed by atoms with van der Waals surface area (Å²) < 4.78 is 5.04. The molecule has 4 heteroatoms. The number of ether oxygens (including phenoxy) is 1. The van der Waals surface area contributed by atoms with Gasteiger partial charge in [-0.3, -0.25) is 9.59 Å². The number of aliphatic carboxylic acids is 1. The average Bonchev–Trinajstić information content (AvgIpc) is 2.96. The van der Waals surface area contributed by atoms with E-state index in [0.29, 0.717) is 6.42 Å². The van der Waals surface area contributed by atoms with Gasteiger partial charge in [-0.25, -0.2) is 0 Å². The Morgan fingerprint density at radius 2 is 0.976 bits per heavy atom. The average molecular weight is 577 g/mol. The molecule has 0 aliphatic heterocycles. The first-order valence-corrected chi connectivity index (χ1v) is 17.8. The number of carbonyl (C=O) groups excluding carboxylic acids is 1. The smallest absolute Gasteiger partial charge is 0.309 e. The van der Waals surface area contributed by atoms with Crippen molar-refractivity contribution in [1.82, 2.24) is 0 Å². The van der Waals surface area contributed by atoms with Crippen molar-refractivity contribution in [2.24, 2.45) is 5.92 Å². The summed E-state index contributed by atoms with van der Waals surface area (Å²) in [6, 6.07) is 0. The molecule has 0 bridgehead atoms. The van der Waals surface area contributed by atoms with E-state index in [4.69, 9.17) is 9.84 Å². The third kappa shape index (κ3) is 31.2. The summed E-state index contributed by atoms with van der Waals surface area (Å²) in [6.07, 6.45) is 41.5. The molecular formula is C37H68O4. The summed E-state index contributed by atoms with van der Waals surface area (Å²) in [5.41, 5.74) is 0. The molecule has 240 valence electrons. The number of allylic oxidation sites excluding steroid dienone is 2. The fourth-order valence-electron chi connectivity index (χ4n) is 5.53. The van der Waals surface area contributed by atoms with Crippen LogP contribution in [0.2, 0.25) is 0 Å². The van der Waals surface area contributed by atoms with Gasteiger partial charge >= 0.3 is 11.9 Å². The summed E-state index contributed by atoms with van der Waals surface area (Å²) in [6.45, 7) is 5.96. The molecule has 0 amide bonds. The van der Waals surface area contributed by atoms with Crippen LogP contribution in [-0.4, -0.2) is 23.7 Å². The zero-order valence-electron chi connectivity index (χ0n) is 27.2. The first-order chi connectivity index (χ1) is 20.1. The Morgan fingerprint density at radius 1 is 0.610 bits per heavy atom. The molecule has 0 spiro atoms. The Morgan fingerprint density at radius 3 is 1.34 bits per heavy atom. The first kappa shape index (κ1) is 39.4. The SMILES string of the molecule is C=CCOC(=O)C(CCCCCCCCCCCCCCC/C=C/CCCCCCCCCCCCC)CC(=O)O. The van der Waals surface area contributed by atoms with E-state index in [1.54, 1.807) is 0 Å². The van der Waals surface area contributed by atoms with Crippen molar-refractivity contribution in [1.29, 1.82) is 0 Å². The lowest BCUT2D eigenvalue weighted by Crippen LogP contribution is -2.21. The quantitative estimate of drug-likeness (QED) is 0.0479. The Balaban J connectivity index is 3.34. The summed E-state index contributed by atoms with van der Waals surface area (Å²) in [5, 5.41) is 9.03. The number of unbranched alkanes of at least 4 members (excludes halogenated alkanes) is 24. The highest BCUT2D eigenvalue weighted by Crippen LogP contribution is 2.18. The van der Waals surface area contributed by atoms with E-state index >= 15 is 0 Å². The minimum Gasteiger partial charge on any atom is -0.481 e. The zero-order chi connectivity index (χ0) is 30.1. The predicted octanol–water partition coefficient (Wildman–Crippen LogP) is 11.9. The Labute approximate surface area is 255 Å². The number of carbonyl (C=O) groups is 2. The number of esters is 1. The third-order valence-corrected chi connectivity index (χ3v) is 8.16. The molecule has 1 atom stereocenters. The molecule has 0 aromatic carbocycles. The second-order valence-electron chi connectivity index (χ2n) is 12.2. The van der Waals surface area contributed by atoms with Crippen LogP contribution in [0.15, 0.2) is 24.8 Å². The van der Waals surface area contributed by atoms with Gasteiger partial charge in [-0.05, 0) is 32.1 Å². The molecule has 0 aliphatic carbocycles. The van der Waals surface area contributed by atoms with Gasteiger partial charge in [-0.2, -0.15) is 0 Å². The van der Waals surface area contributed by atoms with E-state index < -0.39 is 17.9 Å². The maximum Gasteiger partial charge on any atom is 0.309 e. The summed E-state index contributed by atoms with van der Waals surface area (Å²) in [4.78, 5) is 23.0. The minimum atomic E-state index is -0.942. The summed E-state index contributed by atoms with van der Waals surface area (Å²) in [5.74, 6) is -1.88. The molecule has 1 N–H and O–H groups in total. The van der Waals surface area contributed by atoms with Crippen LogP contribution in [0.4, 0.5) is 0 Å². The zero-order valence-corrected chi connectivity index (χ0v) is 27.2. The molecule has 41 heavy (non-hydrogen) atoms. The van der Waals surface area contributed by atoms with Crippen molar-refractivity contribution >= 4 is 11.9 Å². The molecule has 4 nitrogen and oxygen atoms in total. The second-order valence-corrected chi connectivity index (χ2v) is 12.2. The molecular weight excluding hydrogens is 508 g/mol. The number of carboxylic acids is 1. The van der Waals surface area contributed by atoms with E-state index in [1.807, 2.05) is 0 Å². The molecule has 0 aromatic heterocycles. The minimum absolute atomic E-state index is 0.145. The lowest BCUT2D eigenvalue weighted by atomic mass is 9.97. The van der Waals surface area contributed by atoms with Crippen LogP contribution in [0.25, 0.3) is 0 Å². The topological polar surface area (TPSA) is 63.6 Å². The molecule has 0 saturated heterocycles. The maximum atomic E-state index is 12.0. The van der Waals surface area contributed by atoms with Crippen LogP contribution in [0, 0.1) is 5.92 Å². The molecule has 0 saturated carbocycles. The molecule has 1 unspecified atom stereocenters. The van der Waals surface area contributed by atoms with E-state index in [9.17, 15) is 9.59 Å². The van der Waals surface area contributed by atoms with Gasteiger partial charge in [-0.15, -0.1) is 0 Å². The van der Waals surface area contributed by atoms with Crippen molar-refractivity contribution in [2.45, 2.75) is 187 Å². The van der Waals surface area contributed by atoms with Gasteiger partial charge in [0.1, 0.15) is 6.61 Å². The second kappa shape index (κ2) is 32.9. The van der Waals surface area contributed by atoms with Gasteiger partial charge in [0.25, 0.3) is 0 Å². The van der Waals surface area contributed by atoms with Crippen molar-refractivity contribution in [2.75, 3.05) is 6.61 Å². The molecule has 0 fully saturated rings. The Bertz CT molecular complexity index is 612. The predicted molar refractivity (Wildman–Crippen MR) is 176 cm³/mol.